The van der Waals surface area contributed by atoms with Gasteiger partial charge in [-0.1, -0.05) is 17.7 Å². The molecule has 0 bridgehead atoms. The first kappa shape index (κ1) is 16.7. The molecule has 3 N–H and O–H groups in total. The Morgan fingerprint density at radius 3 is 2.62 bits per heavy atom. The summed E-state index contributed by atoms with van der Waals surface area (Å²) in [7, 11) is 0. The maximum Gasteiger partial charge on any atom is 0.257 e. The maximum atomic E-state index is 13.1. The van der Waals surface area contributed by atoms with Crippen molar-refractivity contribution in [3.05, 3.63) is 58.9 Å². The van der Waals surface area contributed by atoms with Gasteiger partial charge in [0, 0.05) is 17.4 Å². The fourth-order valence-electron chi connectivity index (χ4n) is 2.76. The maximum absolute atomic E-state index is 13.1. The van der Waals surface area contributed by atoms with Crippen molar-refractivity contribution >= 4 is 28.9 Å². The minimum absolute atomic E-state index is 0.0940. The minimum atomic E-state index is -0.468. The zero-order chi connectivity index (χ0) is 16.9. The second-order valence-corrected chi connectivity index (χ2v) is 6.23. The topological polar surface area (TPSA) is 53.2 Å². The summed E-state index contributed by atoms with van der Waals surface area (Å²) < 4.78 is 13.1. The molecule has 0 radical (unpaired) electrons. The molecule has 0 aliphatic carbocycles. The lowest BCUT2D eigenvalue weighted by atomic mass is 10.1. The predicted octanol–water partition coefficient (Wildman–Crippen LogP) is 3.90. The average molecular weight is 348 g/mol. The highest BCUT2D eigenvalue weighted by Crippen LogP contribution is 2.21. The molecule has 6 heteroatoms. The van der Waals surface area contributed by atoms with Gasteiger partial charge in [-0.05, 0) is 62.3 Å². The first-order chi connectivity index (χ1) is 11.6. The Hall–Kier alpha value is -2.11. The van der Waals surface area contributed by atoms with Gasteiger partial charge in [0.05, 0.1) is 10.6 Å². The Morgan fingerprint density at radius 1 is 1.12 bits per heavy atom. The summed E-state index contributed by atoms with van der Waals surface area (Å²) in [5.74, 6) is -0.830. The van der Waals surface area contributed by atoms with Crippen molar-refractivity contribution in [3.8, 4) is 0 Å². The fraction of sp³-hybridized carbons (Fsp3) is 0.278. The number of anilines is 2. The van der Waals surface area contributed by atoms with E-state index in [0.29, 0.717) is 11.7 Å². The van der Waals surface area contributed by atoms with Gasteiger partial charge in [0.2, 0.25) is 0 Å². The lowest BCUT2D eigenvalue weighted by Crippen LogP contribution is -2.35. The summed E-state index contributed by atoms with van der Waals surface area (Å²) in [5, 5.41) is 9.71. The molecule has 1 aliphatic rings. The van der Waals surface area contributed by atoms with E-state index < -0.39 is 5.82 Å². The Bertz CT molecular complexity index is 732. The van der Waals surface area contributed by atoms with Crippen molar-refractivity contribution in [2.75, 3.05) is 23.7 Å². The average Bonchev–Trinajstić information content (AvgIpc) is 2.56. The largest absolute Gasteiger partial charge is 0.382 e. The van der Waals surface area contributed by atoms with Crippen molar-refractivity contribution in [3.63, 3.8) is 0 Å². The van der Waals surface area contributed by atoms with E-state index in [9.17, 15) is 9.18 Å². The van der Waals surface area contributed by atoms with E-state index >= 15 is 0 Å². The third-order valence-corrected chi connectivity index (χ3v) is 4.32. The smallest absolute Gasteiger partial charge is 0.257 e. The number of benzene rings is 2. The molecule has 0 unspecified atom stereocenters. The van der Waals surface area contributed by atoms with Gasteiger partial charge in [-0.25, -0.2) is 4.39 Å². The molecule has 3 rings (SSSR count). The van der Waals surface area contributed by atoms with Gasteiger partial charge in [-0.3, -0.25) is 4.79 Å². The van der Waals surface area contributed by atoms with Gasteiger partial charge in [-0.15, -0.1) is 0 Å². The van der Waals surface area contributed by atoms with Crippen LogP contribution in [0.15, 0.2) is 42.5 Å². The van der Waals surface area contributed by atoms with Crippen molar-refractivity contribution in [1.82, 2.24) is 5.32 Å². The SMILES string of the molecule is O=C(Nc1cccc(NC2CCNCC2)c1)c1ccc(F)cc1Cl. The third-order valence-electron chi connectivity index (χ3n) is 4.01. The highest BCUT2D eigenvalue weighted by Gasteiger charge is 2.14. The minimum Gasteiger partial charge on any atom is -0.382 e. The van der Waals surface area contributed by atoms with Crippen LogP contribution in [0.4, 0.5) is 15.8 Å². The molecule has 1 fully saturated rings. The normalized spacial score (nSPS) is 15.1. The van der Waals surface area contributed by atoms with E-state index in [-0.39, 0.29) is 16.5 Å². The van der Waals surface area contributed by atoms with E-state index in [4.69, 9.17) is 11.6 Å². The van der Waals surface area contributed by atoms with Gasteiger partial charge < -0.3 is 16.0 Å². The number of rotatable bonds is 4. The highest BCUT2D eigenvalue weighted by molar-refractivity contribution is 6.34. The van der Waals surface area contributed by atoms with Crippen molar-refractivity contribution in [1.29, 1.82) is 0 Å². The van der Waals surface area contributed by atoms with Gasteiger partial charge in [-0.2, -0.15) is 0 Å². The van der Waals surface area contributed by atoms with Crippen LogP contribution in [0.1, 0.15) is 23.2 Å². The van der Waals surface area contributed by atoms with Gasteiger partial charge in [0.25, 0.3) is 5.91 Å². The van der Waals surface area contributed by atoms with E-state index in [2.05, 4.69) is 16.0 Å². The molecule has 1 amide bonds. The molecule has 4 nitrogen and oxygen atoms in total. The summed E-state index contributed by atoms with van der Waals surface area (Å²) >= 11 is 5.93. The molecule has 126 valence electrons. The van der Waals surface area contributed by atoms with Crippen LogP contribution in [-0.2, 0) is 0 Å². The van der Waals surface area contributed by atoms with E-state index in [0.717, 1.165) is 37.7 Å². The van der Waals surface area contributed by atoms with Crippen LogP contribution in [0.25, 0.3) is 0 Å². The second-order valence-electron chi connectivity index (χ2n) is 5.83. The number of carbonyl (C=O) groups is 1. The van der Waals surface area contributed by atoms with Gasteiger partial charge >= 0.3 is 0 Å². The van der Waals surface area contributed by atoms with Crippen molar-refractivity contribution in [2.45, 2.75) is 18.9 Å². The summed E-state index contributed by atoms with van der Waals surface area (Å²) in [6.07, 6.45) is 2.14. The van der Waals surface area contributed by atoms with Crippen molar-refractivity contribution in [2.24, 2.45) is 0 Å². The molecule has 1 aliphatic heterocycles. The van der Waals surface area contributed by atoms with Crippen LogP contribution in [0, 0.1) is 5.82 Å². The van der Waals surface area contributed by atoms with E-state index in [1.807, 2.05) is 24.3 Å². The van der Waals surface area contributed by atoms with Crippen LogP contribution < -0.4 is 16.0 Å². The Labute approximate surface area is 145 Å². The number of hydrogen-bond donors (Lipinski definition) is 3. The third kappa shape index (κ3) is 4.24. The number of halogens is 2. The Kier molecular flexibility index (Phi) is 5.33. The van der Waals surface area contributed by atoms with Crippen molar-refractivity contribution < 1.29 is 9.18 Å². The molecule has 1 heterocycles. The monoisotopic (exact) mass is 347 g/mol. The molecule has 0 saturated carbocycles. The summed E-state index contributed by atoms with van der Waals surface area (Å²) in [6.45, 7) is 2.02. The highest BCUT2D eigenvalue weighted by atomic mass is 35.5. The van der Waals surface area contributed by atoms with Crippen LogP contribution in [0.3, 0.4) is 0 Å². The molecule has 1 saturated heterocycles. The molecule has 0 atom stereocenters. The first-order valence-corrected chi connectivity index (χ1v) is 8.33. The van der Waals surface area contributed by atoms with Crippen LogP contribution >= 0.6 is 11.6 Å². The summed E-state index contributed by atoms with van der Waals surface area (Å²) in [5.41, 5.74) is 1.87. The molecular formula is C18H19ClFN3O. The molecule has 0 aromatic heterocycles. The van der Waals surface area contributed by atoms with Crippen LogP contribution in [0.2, 0.25) is 5.02 Å². The van der Waals surface area contributed by atoms with Gasteiger partial charge in [0.1, 0.15) is 5.82 Å². The number of carbonyl (C=O) groups excluding carboxylic acids is 1. The second kappa shape index (κ2) is 7.64. The molecule has 0 spiro atoms. The molecular weight excluding hydrogens is 329 g/mol. The van der Waals surface area contributed by atoms with Gasteiger partial charge in [0.15, 0.2) is 0 Å². The number of hydrogen-bond acceptors (Lipinski definition) is 3. The standard InChI is InChI=1S/C18H19ClFN3O/c19-17-10-12(20)4-5-16(17)18(24)23-15-3-1-2-14(11-15)22-13-6-8-21-9-7-13/h1-5,10-11,13,21-22H,6-9H2,(H,23,24). The first-order valence-electron chi connectivity index (χ1n) is 7.95. The molecule has 2 aromatic carbocycles. The number of amides is 1. The molecule has 24 heavy (non-hydrogen) atoms. The summed E-state index contributed by atoms with van der Waals surface area (Å²) in [6, 6.07) is 11.7. The summed E-state index contributed by atoms with van der Waals surface area (Å²) in [4.78, 5) is 12.3. The molecule has 2 aromatic rings. The Morgan fingerprint density at radius 2 is 1.88 bits per heavy atom. The van der Waals surface area contributed by atoms with E-state index in [1.165, 1.54) is 12.1 Å². The number of nitrogens with one attached hydrogen (secondary N) is 3. The van der Waals surface area contributed by atoms with Crippen LogP contribution in [-0.4, -0.2) is 25.0 Å². The van der Waals surface area contributed by atoms with Crippen LogP contribution in [0.5, 0.6) is 0 Å². The van der Waals surface area contributed by atoms with E-state index in [1.54, 1.807) is 0 Å². The lowest BCUT2D eigenvalue weighted by Gasteiger charge is -2.24. The lowest BCUT2D eigenvalue weighted by molar-refractivity contribution is 0.102. The zero-order valence-corrected chi connectivity index (χ0v) is 13.9. The Balaban J connectivity index is 1.68. The fourth-order valence-corrected chi connectivity index (χ4v) is 3.01. The zero-order valence-electron chi connectivity index (χ0n) is 13.1. The number of piperidine rings is 1. The predicted molar refractivity (Wildman–Crippen MR) is 95.3 cm³/mol. The quantitative estimate of drug-likeness (QED) is 0.786.